The molecule has 2 heteroatoms. The first-order valence-corrected chi connectivity index (χ1v) is 9.38. The summed E-state index contributed by atoms with van der Waals surface area (Å²) in [6.45, 7) is 0. The maximum Gasteiger partial charge on any atom is 0.0683 e. The average molecular weight is 398 g/mol. The lowest BCUT2D eigenvalue weighted by Crippen LogP contribution is -1.86. The van der Waals surface area contributed by atoms with Crippen LogP contribution < -0.4 is 0 Å². The number of halogens is 1. The maximum absolute atomic E-state index is 3.78. The number of rotatable bonds is 2. The van der Waals surface area contributed by atoms with Gasteiger partial charge in [-0.1, -0.05) is 84.9 Å². The van der Waals surface area contributed by atoms with Crippen LogP contribution in [0, 0.1) is 0 Å². The number of hydrogen-bond acceptors (Lipinski definition) is 0. The van der Waals surface area contributed by atoms with Gasteiger partial charge in [-0.15, -0.1) is 0 Å². The largest absolute Gasteiger partial charge is 0.275 e. The number of benzene rings is 4. The molecule has 0 unspecified atom stereocenters. The Kier molecular flexibility index (Phi) is 3.65. The lowest BCUT2D eigenvalue weighted by molar-refractivity contribution is 1.45. The Hall–Kier alpha value is -2.84. The Labute approximate surface area is 160 Å². The van der Waals surface area contributed by atoms with Gasteiger partial charge in [0.25, 0.3) is 0 Å². The zero-order valence-electron chi connectivity index (χ0n) is 14.1. The molecule has 0 radical (unpaired) electrons. The van der Waals surface area contributed by atoms with Crippen molar-refractivity contribution in [3.05, 3.63) is 97.1 Å². The van der Waals surface area contributed by atoms with Gasteiger partial charge in [-0.3, -0.25) is 3.59 Å². The average Bonchev–Trinajstić information content (AvgIpc) is 3.02. The quantitative estimate of drug-likeness (QED) is 0.294. The first-order chi connectivity index (χ1) is 12.8. The van der Waals surface area contributed by atoms with Gasteiger partial charge in [0.05, 0.1) is 27.2 Å². The van der Waals surface area contributed by atoms with Crippen molar-refractivity contribution in [2.45, 2.75) is 0 Å². The van der Waals surface area contributed by atoms with Gasteiger partial charge in [0.1, 0.15) is 0 Å². The van der Waals surface area contributed by atoms with Gasteiger partial charge in [-0.05, 0) is 28.8 Å². The molecule has 0 aliphatic heterocycles. The van der Waals surface area contributed by atoms with E-state index in [1.807, 2.05) is 0 Å². The summed E-state index contributed by atoms with van der Waals surface area (Å²) in [4.78, 5) is 0. The van der Waals surface area contributed by atoms with E-state index in [0.29, 0.717) is 0 Å². The van der Waals surface area contributed by atoms with Crippen LogP contribution in [0.5, 0.6) is 0 Å². The molecule has 4 aromatic carbocycles. The first-order valence-electron chi connectivity index (χ1n) is 8.67. The van der Waals surface area contributed by atoms with Crippen LogP contribution in [0.3, 0.4) is 0 Å². The molecular weight excluding hydrogens is 382 g/mol. The fraction of sp³-hybridized carbons (Fsp3) is 0. The SMILES string of the molecule is Brn1c2ccccc2c2cccc(-c3cccc(-c4ccccc4)c3)c21. The van der Waals surface area contributed by atoms with Crippen LogP contribution in [-0.2, 0) is 0 Å². The molecular formula is C24H16BrN. The minimum absolute atomic E-state index is 1.19. The van der Waals surface area contributed by atoms with Crippen molar-refractivity contribution >= 4 is 38.0 Å². The van der Waals surface area contributed by atoms with Gasteiger partial charge in [0, 0.05) is 16.3 Å². The van der Waals surface area contributed by atoms with Crippen LogP contribution in [0.25, 0.3) is 44.1 Å². The van der Waals surface area contributed by atoms with Crippen LogP contribution >= 0.6 is 16.1 Å². The van der Waals surface area contributed by atoms with Gasteiger partial charge in [-0.25, -0.2) is 0 Å². The highest BCUT2D eigenvalue weighted by molar-refractivity contribution is 9.08. The lowest BCUT2D eigenvalue weighted by Gasteiger charge is -2.08. The van der Waals surface area contributed by atoms with Crippen LogP contribution in [0.4, 0.5) is 0 Å². The molecule has 0 aliphatic rings. The fourth-order valence-corrected chi connectivity index (χ4v) is 4.39. The smallest absolute Gasteiger partial charge is 0.0683 e. The summed E-state index contributed by atoms with van der Waals surface area (Å²) in [6.07, 6.45) is 0. The zero-order chi connectivity index (χ0) is 17.5. The standard InChI is InChI=1S/C24H16BrN/c25-26-23-15-5-4-12-21(23)22-14-7-13-20(24(22)26)19-11-6-10-18(16-19)17-8-2-1-3-9-17/h1-16H. The molecule has 0 amide bonds. The van der Waals surface area contributed by atoms with Crippen LogP contribution in [0.1, 0.15) is 0 Å². The number of hydrogen-bond donors (Lipinski definition) is 0. The topological polar surface area (TPSA) is 4.93 Å². The highest BCUT2D eigenvalue weighted by atomic mass is 79.9. The Morgan fingerprint density at radius 2 is 1.19 bits per heavy atom. The van der Waals surface area contributed by atoms with Gasteiger partial charge < -0.3 is 0 Å². The number of nitrogens with zero attached hydrogens (tertiary/aromatic N) is 1. The molecule has 0 bridgehead atoms. The van der Waals surface area contributed by atoms with Crippen molar-refractivity contribution < 1.29 is 0 Å². The number of fused-ring (bicyclic) bond motifs is 3. The fourth-order valence-electron chi connectivity index (χ4n) is 3.70. The van der Waals surface area contributed by atoms with E-state index in [0.717, 1.165) is 0 Å². The Bertz CT molecular complexity index is 1240. The van der Waals surface area contributed by atoms with Crippen LogP contribution in [-0.4, -0.2) is 3.59 Å². The molecule has 0 N–H and O–H groups in total. The van der Waals surface area contributed by atoms with E-state index in [-0.39, 0.29) is 0 Å². The van der Waals surface area contributed by atoms with Gasteiger partial charge >= 0.3 is 0 Å². The molecule has 0 saturated heterocycles. The number of para-hydroxylation sites is 2. The summed E-state index contributed by atoms with van der Waals surface area (Å²) < 4.78 is 2.13. The molecule has 0 saturated carbocycles. The summed E-state index contributed by atoms with van der Waals surface area (Å²) >= 11 is 3.78. The molecule has 5 rings (SSSR count). The van der Waals surface area contributed by atoms with Crippen molar-refractivity contribution in [1.82, 2.24) is 3.59 Å². The Morgan fingerprint density at radius 1 is 0.538 bits per heavy atom. The zero-order valence-corrected chi connectivity index (χ0v) is 15.6. The second-order valence-electron chi connectivity index (χ2n) is 6.45. The molecule has 26 heavy (non-hydrogen) atoms. The van der Waals surface area contributed by atoms with Gasteiger partial charge in [0.15, 0.2) is 0 Å². The third kappa shape index (κ3) is 2.38. The molecule has 0 spiro atoms. The molecule has 1 aromatic heterocycles. The van der Waals surface area contributed by atoms with Crippen molar-refractivity contribution in [1.29, 1.82) is 0 Å². The lowest BCUT2D eigenvalue weighted by atomic mass is 9.97. The first kappa shape index (κ1) is 15.4. The van der Waals surface area contributed by atoms with Crippen molar-refractivity contribution in [2.75, 3.05) is 0 Å². The Balaban J connectivity index is 1.78. The second-order valence-corrected chi connectivity index (χ2v) is 7.16. The van der Waals surface area contributed by atoms with Crippen molar-refractivity contribution in [3.63, 3.8) is 0 Å². The third-order valence-electron chi connectivity index (χ3n) is 4.92. The van der Waals surface area contributed by atoms with E-state index in [9.17, 15) is 0 Å². The minimum Gasteiger partial charge on any atom is -0.275 e. The molecule has 0 atom stereocenters. The van der Waals surface area contributed by atoms with Crippen molar-refractivity contribution in [2.24, 2.45) is 0 Å². The summed E-state index contributed by atoms with van der Waals surface area (Å²) in [5, 5.41) is 2.53. The Morgan fingerprint density at radius 3 is 2.08 bits per heavy atom. The molecule has 0 fully saturated rings. The van der Waals surface area contributed by atoms with E-state index < -0.39 is 0 Å². The van der Waals surface area contributed by atoms with Gasteiger partial charge in [0.2, 0.25) is 0 Å². The van der Waals surface area contributed by atoms with E-state index in [2.05, 4.69) is 117 Å². The predicted octanol–water partition coefficient (Wildman–Crippen LogP) is 7.29. The van der Waals surface area contributed by atoms with E-state index in [4.69, 9.17) is 0 Å². The summed E-state index contributed by atoms with van der Waals surface area (Å²) in [5.74, 6) is 0. The normalized spacial score (nSPS) is 11.3. The predicted molar refractivity (Wildman–Crippen MR) is 115 cm³/mol. The third-order valence-corrected chi connectivity index (χ3v) is 5.66. The molecule has 5 aromatic rings. The highest BCUT2D eigenvalue weighted by Crippen LogP contribution is 2.37. The number of aromatic nitrogens is 1. The summed E-state index contributed by atoms with van der Waals surface area (Å²) in [6, 6.07) is 34.3. The highest BCUT2D eigenvalue weighted by Gasteiger charge is 2.13. The van der Waals surface area contributed by atoms with Crippen LogP contribution in [0.2, 0.25) is 0 Å². The van der Waals surface area contributed by atoms with E-state index in [1.54, 1.807) is 0 Å². The summed E-state index contributed by atoms with van der Waals surface area (Å²) in [5.41, 5.74) is 7.32. The monoisotopic (exact) mass is 397 g/mol. The minimum atomic E-state index is 1.19. The molecule has 0 aliphatic carbocycles. The molecule has 124 valence electrons. The van der Waals surface area contributed by atoms with E-state index in [1.165, 1.54) is 44.1 Å². The van der Waals surface area contributed by atoms with Gasteiger partial charge in [-0.2, -0.15) is 0 Å². The maximum atomic E-state index is 3.78. The molecule has 1 nitrogen and oxygen atoms in total. The van der Waals surface area contributed by atoms with Crippen molar-refractivity contribution in [3.8, 4) is 22.3 Å². The molecule has 1 heterocycles. The van der Waals surface area contributed by atoms with Crippen LogP contribution in [0.15, 0.2) is 97.1 Å². The van der Waals surface area contributed by atoms with E-state index >= 15 is 0 Å². The second kappa shape index (κ2) is 6.15. The summed E-state index contributed by atoms with van der Waals surface area (Å²) in [7, 11) is 0.